The van der Waals surface area contributed by atoms with Gasteiger partial charge >= 0.3 is 6.18 Å². The summed E-state index contributed by atoms with van der Waals surface area (Å²) in [6, 6.07) is 3.67. The van der Waals surface area contributed by atoms with Crippen molar-refractivity contribution in [3.63, 3.8) is 0 Å². The summed E-state index contributed by atoms with van der Waals surface area (Å²) in [7, 11) is 0. The Labute approximate surface area is 120 Å². The van der Waals surface area contributed by atoms with E-state index in [1.54, 1.807) is 0 Å². The van der Waals surface area contributed by atoms with Gasteiger partial charge in [0, 0.05) is 16.7 Å². The zero-order valence-electron chi connectivity index (χ0n) is 11.1. The molecule has 108 valence electrons. The van der Waals surface area contributed by atoms with Crippen LogP contribution in [-0.4, -0.2) is 6.54 Å². The molecule has 0 amide bonds. The average molecular weight is 338 g/mol. The minimum atomic E-state index is -4.29. The minimum Gasteiger partial charge on any atom is -0.384 e. The molecule has 19 heavy (non-hydrogen) atoms. The fourth-order valence-electron chi connectivity index (χ4n) is 1.74. The SMILES string of the molecule is CC(C)CCCCNc1ccc(C(F)(F)F)cc1Br. The maximum atomic E-state index is 12.5. The third kappa shape index (κ3) is 5.85. The molecule has 1 aromatic rings. The minimum absolute atomic E-state index is 0.450. The van der Waals surface area contributed by atoms with E-state index in [1.165, 1.54) is 12.5 Å². The number of unbranched alkanes of at least 4 members (excludes halogenated alkanes) is 1. The molecule has 0 saturated carbocycles. The first-order valence-electron chi connectivity index (χ1n) is 6.41. The number of anilines is 1. The summed E-state index contributed by atoms with van der Waals surface area (Å²) in [5, 5.41) is 3.15. The largest absolute Gasteiger partial charge is 0.416 e. The predicted octanol–water partition coefficient (Wildman–Crippen LogP) is 5.71. The maximum Gasteiger partial charge on any atom is 0.416 e. The Bertz CT molecular complexity index is 402. The van der Waals surface area contributed by atoms with Gasteiger partial charge in [0.2, 0.25) is 0 Å². The molecule has 0 aromatic heterocycles. The molecule has 0 unspecified atom stereocenters. The second kappa shape index (κ2) is 7.17. The zero-order chi connectivity index (χ0) is 14.5. The Balaban J connectivity index is 2.47. The average Bonchev–Trinajstić information content (AvgIpc) is 2.28. The summed E-state index contributed by atoms with van der Waals surface area (Å²) in [6.07, 6.45) is -0.970. The van der Waals surface area contributed by atoms with Crippen molar-refractivity contribution in [3.8, 4) is 0 Å². The van der Waals surface area contributed by atoms with Crippen molar-refractivity contribution < 1.29 is 13.2 Å². The van der Waals surface area contributed by atoms with Crippen LogP contribution in [0.2, 0.25) is 0 Å². The van der Waals surface area contributed by atoms with Crippen LogP contribution in [0.5, 0.6) is 0 Å². The third-order valence-corrected chi connectivity index (χ3v) is 3.48. The molecule has 1 rings (SSSR count). The first-order valence-corrected chi connectivity index (χ1v) is 7.20. The number of rotatable bonds is 6. The van der Waals surface area contributed by atoms with Crippen molar-refractivity contribution >= 4 is 21.6 Å². The van der Waals surface area contributed by atoms with E-state index in [9.17, 15) is 13.2 Å². The van der Waals surface area contributed by atoms with Crippen molar-refractivity contribution in [2.75, 3.05) is 11.9 Å². The summed E-state index contributed by atoms with van der Waals surface area (Å²) >= 11 is 3.17. The number of hydrogen-bond acceptors (Lipinski definition) is 1. The highest BCUT2D eigenvalue weighted by atomic mass is 79.9. The van der Waals surface area contributed by atoms with E-state index in [2.05, 4.69) is 35.1 Å². The molecule has 1 N–H and O–H groups in total. The summed E-state index contributed by atoms with van der Waals surface area (Å²) < 4.78 is 37.9. The Morgan fingerprint density at radius 3 is 2.42 bits per heavy atom. The smallest absolute Gasteiger partial charge is 0.384 e. The van der Waals surface area contributed by atoms with Crippen LogP contribution in [0.4, 0.5) is 18.9 Å². The second-order valence-corrected chi connectivity index (χ2v) is 5.86. The van der Waals surface area contributed by atoms with Gasteiger partial charge in [0.05, 0.1) is 5.56 Å². The fourth-order valence-corrected chi connectivity index (χ4v) is 2.25. The molecule has 0 aliphatic heterocycles. The van der Waals surface area contributed by atoms with E-state index < -0.39 is 11.7 Å². The number of nitrogens with one attached hydrogen (secondary N) is 1. The molecule has 0 fully saturated rings. The van der Waals surface area contributed by atoms with Crippen LogP contribution in [0.15, 0.2) is 22.7 Å². The summed E-state index contributed by atoms with van der Waals surface area (Å²) in [5.41, 5.74) is 0.0716. The molecular weight excluding hydrogens is 319 g/mol. The standard InChI is InChI=1S/C14H19BrF3N/c1-10(2)5-3-4-8-19-13-7-6-11(9-12(13)15)14(16,17)18/h6-7,9-10,19H,3-5,8H2,1-2H3. The summed E-state index contributed by atoms with van der Waals surface area (Å²) in [6.45, 7) is 5.14. The third-order valence-electron chi connectivity index (χ3n) is 2.82. The van der Waals surface area contributed by atoms with Gasteiger partial charge in [-0.15, -0.1) is 0 Å². The number of hydrogen-bond donors (Lipinski definition) is 1. The molecule has 0 aliphatic rings. The van der Waals surface area contributed by atoms with Gasteiger partial charge in [-0.05, 0) is 46.5 Å². The maximum absolute atomic E-state index is 12.5. The van der Waals surface area contributed by atoms with Crippen LogP contribution in [0.25, 0.3) is 0 Å². The molecular formula is C14H19BrF3N. The lowest BCUT2D eigenvalue weighted by Crippen LogP contribution is -2.07. The highest BCUT2D eigenvalue weighted by Gasteiger charge is 2.30. The van der Waals surface area contributed by atoms with E-state index >= 15 is 0 Å². The van der Waals surface area contributed by atoms with Gasteiger partial charge in [0.15, 0.2) is 0 Å². The quantitative estimate of drug-likeness (QED) is 0.656. The Hall–Kier alpha value is -0.710. The Morgan fingerprint density at radius 1 is 1.21 bits per heavy atom. The van der Waals surface area contributed by atoms with Crippen LogP contribution in [0, 0.1) is 5.92 Å². The highest BCUT2D eigenvalue weighted by molar-refractivity contribution is 9.10. The highest BCUT2D eigenvalue weighted by Crippen LogP contribution is 2.33. The lowest BCUT2D eigenvalue weighted by molar-refractivity contribution is -0.137. The number of benzene rings is 1. The first-order chi connectivity index (χ1) is 8.80. The molecule has 0 spiro atoms. The van der Waals surface area contributed by atoms with E-state index in [0.29, 0.717) is 16.1 Å². The molecule has 0 radical (unpaired) electrons. The van der Waals surface area contributed by atoms with Crippen molar-refractivity contribution in [1.29, 1.82) is 0 Å². The normalized spacial score (nSPS) is 11.9. The second-order valence-electron chi connectivity index (χ2n) is 5.01. The topological polar surface area (TPSA) is 12.0 Å². The van der Waals surface area contributed by atoms with E-state index in [1.807, 2.05) is 0 Å². The molecule has 0 saturated heterocycles. The number of alkyl halides is 3. The van der Waals surface area contributed by atoms with Gasteiger partial charge in [-0.25, -0.2) is 0 Å². The van der Waals surface area contributed by atoms with E-state index in [-0.39, 0.29) is 0 Å². The van der Waals surface area contributed by atoms with Crippen LogP contribution >= 0.6 is 15.9 Å². The summed E-state index contributed by atoms with van der Waals surface area (Å²) in [4.78, 5) is 0. The van der Waals surface area contributed by atoms with Crippen LogP contribution < -0.4 is 5.32 Å². The van der Waals surface area contributed by atoms with Gasteiger partial charge in [-0.1, -0.05) is 26.7 Å². The molecule has 1 nitrogen and oxygen atoms in total. The van der Waals surface area contributed by atoms with Gasteiger partial charge < -0.3 is 5.32 Å². The summed E-state index contributed by atoms with van der Waals surface area (Å²) in [5.74, 6) is 0.692. The van der Waals surface area contributed by atoms with Crippen LogP contribution in [0.1, 0.15) is 38.7 Å². The molecule has 0 heterocycles. The van der Waals surface area contributed by atoms with Crippen molar-refractivity contribution in [2.24, 2.45) is 5.92 Å². The van der Waals surface area contributed by atoms with Gasteiger partial charge in [-0.2, -0.15) is 13.2 Å². The Morgan fingerprint density at radius 2 is 1.89 bits per heavy atom. The van der Waals surface area contributed by atoms with Gasteiger partial charge in [0.25, 0.3) is 0 Å². The lowest BCUT2D eigenvalue weighted by atomic mass is 10.1. The molecule has 5 heteroatoms. The number of halogens is 4. The van der Waals surface area contributed by atoms with Crippen molar-refractivity contribution in [2.45, 2.75) is 39.3 Å². The first kappa shape index (κ1) is 16.3. The van der Waals surface area contributed by atoms with E-state index in [4.69, 9.17) is 0 Å². The predicted molar refractivity (Wildman–Crippen MR) is 76.3 cm³/mol. The van der Waals surface area contributed by atoms with E-state index in [0.717, 1.165) is 31.5 Å². The molecule has 1 aromatic carbocycles. The molecule has 0 atom stereocenters. The van der Waals surface area contributed by atoms with Crippen LogP contribution in [0.3, 0.4) is 0 Å². The monoisotopic (exact) mass is 337 g/mol. The lowest BCUT2D eigenvalue weighted by Gasteiger charge is -2.12. The zero-order valence-corrected chi connectivity index (χ0v) is 12.7. The van der Waals surface area contributed by atoms with Crippen molar-refractivity contribution in [1.82, 2.24) is 0 Å². The Kier molecular flexibility index (Phi) is 6.17. The fraction of sp³-hybridized carbons (Fsp3) is 0.571. The molecule has 0 bridgehead atoms. The molecule has 0 aliphatic carbocycles. The van der Waals surface area contributed by atoms with Gasteiger partial charge in [-0.3, -0.25) is 0 Å². The van der Waals surface area contributed by atoms with Crippen molar-refractivity contribution in [3.05, 3.63) is 28.2 Å². The van der Waals surface area contributed by atoms with Gasteiger partial charge in [0.1, 0.15) is 0 Å². The van der Waals surface area contributed by atoms with Crippen LogP contribution in [-0.2, 0) is 6.18 Å².